The Morgan fingerprint density at radius 2 is 1.86 bits per heavy atom. The van der Waals surface area contributed by atoms with Crippen molar-refractivity contribution in [3.8, 4) is 0 Å². The van der Waals surface area contributed by atoms with Crippen molar-refractivity contribution in [1.29, 1.82) is 0 Å². The van der Waals surface area contributed by atoms with Crippen molar-refractivity contribution < 1.29 is 71.3 Å². The van der Waals surface area contributed by atoms with E-state index in [-0.39, 0.29) is 73.7 Å². The number of halogens is 1. The van der Waals surface area contributed by atoms with E-state index in [0.717, 1.165) is 27.8 Å². The smallest absolute Gasteiger partial charge is 1.00 e. The number of carbonyl (C=O) groups is 1. The molecule has 0 aromatic heterocycles. The summed E-state index contributed by atoms with van der Waals surface area (Å²) in [5.74, 6) is -0.331. The Hall–Kier alpha value is -0.260. The molecule has 2 aromatic rings. The maximum atomic E-state index is 12.7. The fourth-order valence-corrected chi connectivity index (χ4v) is 4.71. The van der Waals surface area contributed by atoms with Crippen molar-refractivity contribution in [3.63, 3.8) is 0 Å². The predicted molar refractivity (Wildman–Crippen MR) is 117 cm³/mol. The van der Waals surface area contributed by atoms with Crippen molar-refractivity contribution in [2.75, 3.05) is 11.9 Å². The van der Waals surface area contributed by atoms with Gasteiger partial charge in [-0.15, -0.1) is 0 Å². The Morgan fingerprint density at radius 3 is 2.59 bits per heavy atom. The zero-order valence-corrected chi connectivity index (χ0v) is 23.0. The number of ketones is 1. The molecule has 2 unspecified atom stereocenters. The van der Waals surface area contributed by atoms with Crippen LogP contribution in [-0.4, -0.2) is 12.8 Å². The Morgan fingerprint density at radius 1 is 1.17 bits per heavy atom. The molecule has 2 aromatic carbocycles. The number of anilines is 1. The topological polar surface area (TPSA) is 29.5 Å². The summed E-state index contributed by atoms with van der Waals surface area (Å²) in [7, 11) is 1.98. The fraction of sp³-hybridized carbons (Fsp3) is 0.0952. The third kappa shape index (κ3) is 5.15. The first-order valence-corrected chi connectivity index (χ1v) is 11.1. The minimum Gasteiger partial charge on any atom is -1.00 e. The Kier molecular flexibility index (Phi) is 9.36. The largest absolute Gasteiger partial charge is 1.00 e. The van der Waals surface area contributed by atoms with Gasteiger partial charge in [0.1, 0.15) is 0 Å². The minimum absolute atomic E-state index is 0. The number of nitrogens with zero attached hydrogens (tertiary/aromatic N) is 1. The molecule has 29 heavy (non-hydrogen) atoms. The normalized spacial score (nSPS) is 18.7. The van der Waals surface area contributed by atoms with Gasteiger partial charge in [-0.25, -0.2) is 0 Å². The van der Waals surface area contributed by atoms with Gasteiger partial charge in [0.15, 0.2) is 12.0 Å². The molecule has 1 aliphatic heterocycles. The van der Waals surface area contributed by atoms with Crippen molar-refractivity contribution in [2.24, 2.45) is 5.92 Å². The quantitative estimate of drug-likeness (QED) is 0.341. The van der Waals surface area contributed by atoms with Gasteiger partial charge in [0.2, 0.25) is 17.1 Å². The molecule has 0 N–H and O–H groups in total. The summed E-state index contributed by atoms with van der Waals surface area (Å²) in [5, 5.41) is 1.57. The molecule has 4 rings (SSSR count). The zero-order chi connectivity index (χ0) is 19.0. The molecule has 1 heterocycles. The van der Waals surface area contributed by atoms with Gasteiger partial charge in [-0.05, 0) is 42.5 Å². The molecule has 138 valence electrons. The van der Waals surface area contributed by atoms with E-state index in [1.807, 2.05) is 49.5 Å². The summed E-state index contributed by atoms with van der Waals surface area (Å²) in [6.07, 6.45) is 7.06. The standard InChI is InChI=1S/C21H16ClNO2PS.2Na.2H/c1-23-18-6-3-2-5-16(18)17(21-19(23)7-4-8-20(21)24)13-25-26(27)15-11-9-14(22)10-12-15;;;;/h2-13,21H,1H3;;;;/q3*+1;2*-1. The van der Waals surface area contributed by atoms with Crippen molar-refractivity contribution >= 4 is 52.7 Å². The molecule has 0 saturated carbocycles. The third-order valence-corrected chi connectivity index (χ3v) is 6.85. The Bertz CT molecular complexity index is 1050. The van der Waals surface area contributed by atoms with Crippen LogP contribution in [0.5, 0.6) is 0 Å². The van der Waals surface area contributed by atoms with E-state index in [2.05, 4.69) is 4.90 Å². The molecule has 3 nitrogen and oxygen atoms in total. The van der Waals surface area contributed by atoms with Crippen LogP contribution >= 0.6 is 18.5 Å². The second-order valence-electron chi connectivity index (χ2n) is 6.27. The van der Waals surface area contributed by atoms with E-state index in [1.165, 1.54) is 0 Å². The van der Waals surface area contributed by atoms with Gasteiger partial charge in [-0.2, -0.15) is 0 Å². The van der Waals surface area contributed by atoms with Gasteiger partial charge in [0, 0.05) is 34.6 Å². The monoisotopic (exact) mass is 460 g/mol. The van der Waals surface area contributed by atoms with E-state index in [4.69, 9.17) is 27.9 Å². The number of para-hydroxylation sites is 1. The summed E-state index contributed by atoms with van der Waals surface area (Å²) >= 11 is 11.5. The molecular formula is C21H18ClNNa2O2PS+. The van der Waals surface area contributed by atoms with E-state index in [0.29, 0.717) is 5.02 Å². The SMILES string of the molecule is CN1C2=CC=CC(=O)C2C(=CO[P+](=S)c2ccc(Cl)cc2)c2ccccc21.[H-].[H-].[Na+].[Na+]. The Balaban J connectivity index is 0.00000225. The summed E-state index contributed by atoms with van der Waals surface area (Å²) in [5.41, 5.74) is 3.81. The van der Waals surface area contributed by atoms with Gasteiger partial charge < -0.3 is 7.75 Å². The third-order valence-electron chi connectivity index (χ3n) is 4.70. The molecule has 0 amide bonds. The molecule has 0 bridgehead atoms. The maximum absolute atomic E-state index is 12.7. The average molecular weight is 461 g/mol. The number of hydrogen-bond donors (Lipinski definition) is 0. The first-order valence-electron chi connectivity index (χ1n) is 8.41. The summed E-state index contributed by atoms with van der Waals surface area (Å²) in [4.78, 5) is 14.7. The van der Waals surface area contributed by atoms with Crippen LogP contribution in [0, 0.1) is 5.92 Å². The molecule has 2 atom stereocenters. The predicted octanol–water partition coefficient (Wildman–Crippen LogP) is -0.796. The number of carbonyl (C=O) groups excluding carboxylic acids is 1. The molecule has 0 radical (unpaired) electrons. The Labute approximate surface area is 228 Å². The molecule has 0 spiro atoms. The summed E-state index contributed by atoms with van der Waals surface area (Å²) < 4.78 is 5.95. The second-order valence-corrected chi connectivity index (χ2v) is 8.95. The fourth-order valence-electron chi connectivity index (χ4n) is 3.36. The zero-order valence-electron chi connectivity index (χ0n) is 18.5. The maximum Gasteiger partial charge on any atom is 1.00 e. The molecule has 2 aliphatic rings. The van der Waals surface area contributed by atoms with Gasteiger partial charge in [0.05, 0.1) is 5.92 Å². The molecule has 0 fully saturated rings. The van der Waals surface area contributed by atoms with E-state index in [9.17, 15) is 4.79 Å². The molecule has 8 heteroatoms. The molecule has 1 aliphatic carbocycles. The van der Waals surface area contributed by atoms with E-state index >= 15 is 0 Å². The van der Waals surface area contributed by atoms with Crippen LogP contribution in [-0.2, 0) is 21.1 Å². The van der Waals surface area contributed by atoms with Crippen LogP contribution in [0.15, 0.2) is 78.7 Å². The number of benzene rings is 2. The first-order chi connectivity index (χ1) is 13.1. The average Bonchev–Trinajstić information content (AvgIpc) is 2.69. The van der Waals surface area contributed by atoms with Gasteiger partial charge in [-0.3, -0.25) is 9.32 Å². The van der Waals surface area contributed by atoms with Crippen LogP contribution in [0.4, 0.5) is 5.69 Å². The van der Waals surface area contributed by atoms with Crippen molar-refractivity contribution in [2.45, 2.75) is 0 Å². The molecule has 0 saturated heterocycles. The summed E-state index contributed by atoms with van der Waals surface area (Å²) in [6, 6.07) is 15.4. The van der Waals surface area contributed by atoms with Crippen molar-refractivity contribution in [3.05, 3.63) is 89.3 Å². The summed E-state index contributed by atoms with van der Waals surface area (Å²) in [6.45, 7) is -1.27. The van der Waals surface area contributed by atoms with Crippen LogP contribution in [0.2, 0.25) is 5.02 Å². The van der Waals surface area contributed by atoms with Crippen LogP contribution in [0.25, 0.3) is 5.57 Å². The van der Waals surface area contributed by atoms with Gasteiger partial charge in [-0.1, -0.05) is 35.9 Å². The minimum atomic E-state index is -1.27. The second kappa shape index (κ2) is 10.9. The first kappa shape index (κ1) is 25.0. The van der Waals surface area contributed by atoms with Crippen molar-refractivity contribution in [1.82, 2.24) is 0 Å². The van der Waals surface area contributed by atoms with Gasteiger partial charge >= 0.3 is 66.0 Å². The molecular weight excluding hydrogens is 443 g/mol. The van der Waals surface area contributed by atoms with Crippen LogP contribution in [0.1, 0.15) is 8.42 Å². The number of fused-ring (bicyclic) bond motifs is 2. The van der Waals surface area contributed by atoms with E-state index in [1.54, 1.807) is 30.5 Å². The van der Waals surface area contributed by atoms with Crippen LogP contribution in [0.3, 0.4) is 0 Å². The van der Waals surface area contributed by atoms with E-state index < -0.39 is 6.92 Å². The van der Waals surface area contributed by atoms with Crippen LogP contribution < -0.4 is 69.3 Å². The number of hydrogen-bond acceptors (Lipinski definition) is 4. The number of rotatable bonds is 3. The number of allylic oxidation sites excluding steroid dienone is 4. The van der Waals surface area contributed by atoms with Gasteiger partial charge in [0.25, 0.3) is 0 Å².